The van der Waals surface area contributed by atoms with Crippen molar-refractivity contribution in [3.05, 3.63) is 93.7 Å². The van der Waals surface area contributed by atoms with Crippen LogP contribution < -0.4 is 10.3 Å². The first-order chi connectivity index (χ1) is 17.5. The minimum Gasteiger partial charge on any atom is -0.481 e. The lowest BCUT2D eigenvalue weighted by Gasteiger charge is -2.09. The number of rotatable bonds is 7. The average Bonchev–Trinajstić information content (AvgIpc) is 3.30. The summed E-state index contributed by atoms with van der Waals surface area (Å²) in [5, 5.41) is 6.19. The molecule has 8 nitrogen and oxygen atoms in total. The van der Waals surface area contributed by atoms with Crippen molar-refractivity contribution in [1.29, 1.82) is 0 Å². The Bertz CT molecular complexity index is 1670. The van der Waals surface area contributed by atoms with Crippen molar-refractivity contribution in [3.63, 3.8) is 0 Å². The van der Waals surface area contributed by atoms with Gasteiger partial charge in [-0.2, -0.15) is 9.78 Å². The predicted molar refractivity (Wildman–Crippen MR) is 138 cm³/mol. The van der Waals surface area contributed by atoms with Gasteiger partial charge in [0.15, 0.2) is 12.4 Å². The molecule has 180 valence electrons. The van der Waals surface area contributed by atoms with Gasteiger partial charge in [-0.3, -0.25) is 4.79 Å². The number of halogens is 1. The maximum atomic E-state index is 13.4. The second-order valence-corrected chi connectivity index (χ2v) is 8.17. The topological polar surface area (TPSA) is 95.9 Å². The molecule has 0 spiro atoms. The molecule has 0 unspecified atom stereocenters. The molecule has 0 radical (unpaired) electrons. The molecular formula is C27H20ClN3O5. The largest absolute Gasteiger partial charge is 0.481 e. The van der Waals surface area contributed by atoms with Gasteiger partial charge in [0.1, 0.15) is 11.3 Å². The van der Waals surface area contributed by atoms with E-state index in [9.17, 15) is 9.59 Å². The van der Waals surface area contributed by atoms with E-state index in [-0.39, 0.29) is 24.6 Å². The molecule has 5 aromatic rings. The van der Waals surface area contributed by atoms with Gasteiger partial charge in [-0.15, -0.1) is 0 Å². The van der Waals surface area contributed by atoms with Gasteiger partial charge in [0.05, 0.1) is 23.7 Å². The lowest BCUT2D eigenvalue weighted by molar-refractivity contribution is -0.145. The predicted octanol–water partition coefficient (Wildman–Crippen LogP) is 5.29. The van der Waals surface area contributed by atoms with E-state index >= 15 is 0 Å². The summed E-state index contributed by atoms with van der Waals surface area (Å²) < 4.78 is 17.7. The van der Waals surface area contributed by atoms with Crippen molar-refractivity contribution in [2.45, 2.75) is 6.92 Å². The Morgan fingerprint density at radius 3 is 2.78 bits per heavy atom. The monoisotopic (exact) mass is 501 g/mol. The van der Waals surface area contributed by atoms with E-state index in [4.69, 9.17) is 25.5 Å². The van der Waals surface area contributed by atoms with Gasteiger partial charge in [0.2, 0.25) is 5.82 Å². The first kappa shape index (κ1) is 23.3. The zero-order chi connectivity index (χ0) is 25.1. The van der Waals surface area contributed by atoms with Gasteiger partial charge in [-0.1, -0.05) is 35.9 Å². The zero-order valence-corrected chi connectivity index (χ0v) is 19.9. The molecule has 2 aromatic heterocycles. The molecule has 0 amide bonds. The maximum Gasteiger partial charge on any atom is 0.344 e. The van der Waals surface area contributed by atoms with E-state index in [0.29, 0.717) is 38.6 Å². The summed E-state index contributed by atoms with van der Waals surface area (Å²) in [6, 6.07) is 21.1. The maximum absolute atomic E-state index is 13.4. The minimum atomic E-state index is -0.480. The third-order valence-electron chi connectivity index (χ3n) is 5.33. The summed E-state index contributed by atoms with van der Waals surface area (Å²) in [6.45, 7) is 1.74. The van der Waals surface area contributed by atoms with Crippen LogP contribution in [0.1, 0.15) is 12.5 Å². The number of carbonyl (C=O) groups excluding carboxylic acids is 1. The number of aromatic nitrogens is 2. The van der Waals surface area contributed by atoms with Crippen LogP contribution in [0.25, 0.3) is 33.5 Å². The van der Waals surface area contributed by atoms with Gasteiger partial charge in [-0.05, 0) is 55.5 Å². The standard InChI is InChI=1S/C27H20ClN3O5/c1-2-34-25(32)16-35-22-10-6-3-7-17(22)15-29-31-26(30-21-9-5-4-8-20(21)27(31)33)24-14-18-13-19(28)11-12-23(18)36-24/h3-15H,2,16H2,1H3. The molecule has 0 N–H and O–H groups in total. The number of carbonyl (C=O) groups is 1. The summed E-state index contributed by atoms with van der Waals surface area (Å²) in [5.74, 6) is 0.522. The van der Waals surface area contributed by atoms with Crippen LogP contribution in [0.15, 0.2) is 87.1 Å². The van der Waals surface area contributed by atoms with E-state index in [1.165, 1.54) is 10.9 Å². The van der Waals surface area contributed by atoms with E-state index in [1.807, 2.05) is 6.07 Å². The third kappa shape index (κ3) is 4.71. The number of ether oxygens (including phenoxy) is 2. The van der Waals surface area contributed by atoms with E-state index in [0.717, 1.165) is 5.39 Å². The number of fused-ring (bicyclic) bond motifs is 2. The first-order valence-electron chi connectivity index (χ1n) is 11.2. The average molecular weight is 502 g/mol. The van der Waals surface area contributed by atoms with Crippen LogP contribution in [-0.2, 0) is 9.53 Å². The molecule has 0 aliphatic heterocycles. The van der Waals surface area contributed by atoms with Crippen LogP contribution in [0.5, 0.6) is 5.75 Å². The van der Waals surface area contributed by atoms with Gasteiger partial charge in [-0.25, -0.2) is 9.78 Å². The van der Waals surface area contributed by atoms with Crippen LogP contribution in [0.4, 0.5) is 0 Å². The number of nitrogens with zero attached hydrogens (tertiary/aromatic N) is 3. The lowest BCUT2D eigenvalue weighted by Crippen LogP contribution is -2.20. The molecule has 0 fully saturated rings. The summed E-state index contributed by atoms with van der Waals surface area (Å²) in [4.78, 5) is 29.8. The third-order valence-corrected chi connectivity index (χ3v) is 5.57. The lowest BCUT2D eigenvalue weighted by atomic mass is 10.2. The number of esters is 1. The number of furan rings is 1. The molecule has 36 heavy (non-hydrogen) atoms. The Morgan fingerprint density at radius 2 is 1.92 bits per heavy atom. The molecule has 0 aliphatic rings. The summed E-state index contributed by atoms with van der Waals surface area (Å²) in [7, 11) is 0. The number of hydrogen-bond donors (Lipinski definition) is 0. The number of hydrogen-bond acceptors (Lipinski definition) is 7. The molecule has 0 bridgehead atoms. The van der Waals surface area contributed by atoms with Crippen LogP contribution in [0, 0.1) is 0 Å². The Labute approximate surface area is 210 Å². The van der Waals surface area contributed by atoms with Gasteiger partial charge < -0.3 is 13.9 Å². The van der Waals surface area contributed by atoms with Gasteiger partial charge in [0.25, 0.3) is 5.56 Å². The number of benzene rings is 3. The molecule has 5 rings (SSSR count). The first-order valence-corrected chi connectivity index (χ1v) is 11.5. The second-order valence-electron chi connectivity index (χ2n) is 7.74. The van der Waals surface area contributed by atoms with Crippen molar-refractivity contribution in [3.8, 4) is 17.3 Å². The fourth-order valence-corrected chi connectivity index (χ4v) is 3.87. The quantitative estimate of drug-likeness (QED) is 0.222. The molecule has 3 aromatic carbocycles. The van der Waals surface area contributed by atoms with Crippen LogP contribution in [0.2, 0.25) is 5.02 Å². The molecule has 2 heterocycles. The summed E-state index contributed by atoms with van der Waals surface area (Å²) in [5.41, 5.74) is 1.31. The van der Waals surface area contributed by atoms with Crippen LogP contribution >= 0.6 is 11.6 Å². The van der Waals surface area contributed by atoms with E-state index < -0.39 is 5.97 Å². The van der Waals surface area contributed by atoms with Gasteiger partial charge >= 0.3 is 5.97 Å². The number of para-hydroxylation sites is 2. The van der Waals surface area contributed by atoms with Crippen molar-refractivity contribution in [2.24, 2.45) is 5.10 Å². The molecule has 0 atom stereocenters. The molecule has 0 aliphatic carbocycles. The van der Waals surface area contributed by atoms with Crippen molar-refractivity contribution < 1.29 is 18.7 Å². The smallest absolute Gasteiger partial charge is 0.344 e. The van der Waals surface area contributed by atoms with Crippen molar-refractivity contribution in [1.82, 2.24) is 9.66 Å². The van der Waals surface area contributed by atoms with E-state index in [2.05, 4.69) is 10.1 Å². The Kier molecular flexibility index (Phi) is 6.51. The van der Waals surface area contributed by atoms with E-state index in [1.54, 1.807) is 73.7 Å². The van der Waals surface area contributed by atoms with Crippen molar-refractivity contribution >= 4 is 45.7 Å². The Balaban J connectivity index is 1.60. The van der Waals surface area contributed by atoms with Crippen molar-refractivity contribution in [2.75, 3.05) is 13.2 Å². The highest BCUT2D eigenvalue weighted by Crippen LogP contribution is 2.29. The SMILES string of the molecule is CCOC(=O)COc1ccccc1C=Nn1c(-c2cc3cc(Cl)ccc3o2)nc2ccccc2c1=O. The fourth-order valence-electron chi connectivity index (χ4n) is 3.69. The molecule has 9 heteroatoms. The van der Waals surface area contributed by atoms with Gasteiger partial charge in [0, 0.05) is 16.0 Å². The Morgan fingerprint density at radius 1 is 1.11 bits per heavy atom. The van der Waals surface area contributed by atoms with Crippen LogP contribution in [-0.4, -0.2) is 35.1 Å². The zero-order valence-electron chi connectivity index (χ0n) is 19.2. The second kappa shape index (κ2) is 10.1. The normalized spacial score (nSPS) is 11.4. The fraction of sp³-hybridized carbons (Fsp3) is 0.111. The summed E-state index contributed by atoms with van der Waals surface area (Å²) in [6.07, 6.45) is 1.47. The summed E-state index contributed by atoms with van der Waals surface area (Å²) >= 11 is 6.13. The minimum absolute atomic E-state index is 0.229. The van der Waals surface area contributed by atoms with Crippen LogP contribution in [0.3, 0.4) is 0 Å². The highest BCUT2D eigenvalue weighted by molar-refractivity contribution is 6.31. The molecule has 0 saturated carbocycles. The highest BCUT2D eigenvalue weighted by atomic mass is 35.5. The molecule has 0 saturated heterocycles. The Hall–Kier alpha value is -4.43. The molecular weight excluding hydrogens is 482 g/mol. The highest BCUT2D eigenvalue weighted by Gasteiger charge is 2.17.